The lowest BCUT2D eigenvalue weighted by Gasteiger charge is -2.33. The van der Waals surface area contributed by atoms with Gasteiger partial charge < -0.3 is 14.5 Å². The minimum Gasteiger partial charge on any atom is -0.372 e. The Morgan fingerprint density at radius 3 is 2.18 bits per heavy atom. The standard InChI is InChI=1S/C17H31N3O2/c1-12(2)16-11-19(17(21)20(16)13(3)4)8-7-18-9-14-5-6-15(10-18)22-14/h12-16H,5-11H2,1-4H3. The lowest BCUT2D eigenvalue weighted by atomic mass is 10.0. The topological polar surface area (TPSA) is 36.0 Å². The highest BCUT2D eigenvalue weighted by molar-refractivity contribution is 5.77. The maximum Gasteiger partial charge on any atom is 0.320 e. The lowest BCUT2D eigenvalue weighted by molar-refractivity contribution is -0.0391. The van der Waals surface area contributed by atoms with Crippen molar-refractivity contribution in [2.24, 2.45) is 5.92 Å². The highest BCUT2D eigenvalue weighted by Crippen LogP contribution is 2.27. The number of rotatable bonds is 5. The Balaban J connectivity index is 1.55. The van der Waals surface area contributed by atoms with E-state index in [1.165, 1.54) is 12.8 Å². The van der Waals surface area contributed by atoms with Crippen LogP contribution in [0.15, 0.2) is 0 Å². The second kappa shape index (κ2) is 6.36. The second-order valence-corrected chi connectivity index (χ2v) is 7.76. The fourth-order valence-electron chi connectivity index (χ4n) is 4.16. The predicted octanol–water partition coefficient (Wildman–Crippen LogP) is 2.02. The third kappa shape index (κ3) is 3.11. The third-order valence-electron chi connectivity index (χ3n) is 5.39. The van der Waals surface area contributed by atoms with Crippen molar-refractivity contribution in [3.8, 4) is 0 Å². The van der Waals surface area contributed by atoms with Crippen molar-refractivity contribution < 1.29 is 9.53 Å². The van der Waals surface area contributed by atoms with Crippen molar-refractivity contribution >= 4 is 6.03 Å². The van der Waals surface area contributed by atoms with Gasteiger partial charge in [0.2, 0.25) is 0 Å². The van der Waals surface area contributed by atoms with Gasteiger partial charge in [0.15, 0.2) is 0 Å². The Morgan fingerprint density at radius 1 is 1.05 bits per heavy atom. The number of amides is 2. The van der Waals surface area contributed by atoms with Crippen LogP contribution in [0.1, 0.15) is 40.5 Å². The van der Waals surface area contributed by atoms with Gasteiger partial charge in [0, 0.05) is 38.8 Å². The minimum absolute atomic E-state index is 0.227. The van der Waals surface area contributed by atoms with Gasteiger partial charge in [-0.25, -0.2) is 4.79 Å². The summed E-state index contributed by atoms with van der Waals surface area (Å²) in [6.07, 6.45) is 3.29. The number of carbonyl (C=O) groups is 1. The molecule has 0 aromatic rings. The van der Waals surface area contributed by atoms with Gasteiger partial charge in [-0.2, -0.15) is 0 Å². The van der Waals surface area contributed by atoms with E-state index in [0.717, 1.165) is 32.7 Å². The van der Waals surface area contributed by atoms with Gasteiger partial charge in [0.05, 0.1) is 18.2 Å². The molecule has 3 atom stereocenters. The van der Waals surface area contributed by atoms with E-state index < -0.39 is 0 Å². The zero-order chi connectivity index (χ0) is 15.9. The predicted molar refractivity (Wildman–Crippen MR) is 86.9 cm³/mol. The molecule has 3 heterocycles. The zero-order valence-electron chi connectivity index (χ0n) is 14.5. The number of hydrogen-bond acceptors (Lipinski definition) is 3. The highest BCUT2D eigenvalue weighted by Gasteiger charge is 2.40. The Kier molecular flexibility index (Phi) is 4.64. The summed E-state index contributed by atoms with van der Waals surface area (Å²) in [6.45, 7) is 13.5. The van der Waals surface area contributed by atoms with Gasteiger partial charge in [-0.1, -0.05) is 13.8 Å². The van der Waals surface area contributed by atoms with Crippen LogP contribution >= 0.6 is 0 Å². The zero-order valence-corrected chi connectivity index (χ0v) is 14.5. The maximum atomic E-state index is 12.7. The van der Waals surface area contributed by atoms with Crippen LogP contribution in [-0.2, 0) is 4.74 Å². The first-order valence-corrected chi connectivity index (χ1v) is 8.90. The number of likely N-dealkylation sites (tertiary alicyclic amines) is 1. The van der Waals surface area contributed by atoms with E-state index in [4.69, 9.17) is 4.74 Å². The van der Waals surface area contributed by atoms with Crippen LogP contribution in [0.2, 0.25) is 0 Å². The summed E-state index contributed by atoms with van der Waals surface area (Å²) >= 11 is 0. The van der Waals surface area contributed by atoms with E-state index in [-0.39, 0.29) is 12.1 Å². The molecule has 3 aliphatic rings. The van der Waals surface area contributed by atoms with Crippen LogP contribution in [0.4, 0.5) is 4.79 Å². The number of morpholine rings is 1. The molecule has 3 fully saturated rings. The summed E-state index contributed by atoms with van der Waals surface area (Å²) in [5.41, 5.74) is 0. The average Bonchev–Trinajstić information content (AvgIpc) is 2.97. The molecule has 0 aliphatic carbocycles. The first-order valence-electron chi connectivity index (χ1n) is 8.90. The molecule has 22 heavy (non-hydrogen) atoms. The van der Waals surface area contributed by atoms with Crippen molar-refractivity contribution in [3.63, 3.8) is 0 Å². The van der Waals surface area contributed by atoms with Gasteiger partial charge in [-0.3, -0.25) is 4.90 Å². The molecule has 126 valence electrons. The number of hydrogen-bond donors (Lipinski definition) is 0. The number of ether oxygens (including phenoxy) is 1. The van der Waals surface area contributed by atoms with Gasteiger partial charge in [-0.15, -0.1) is 0 Å². The second-order valence-electron chi connectivity index (χ2n) is 7.76. The summed E-state index contributed by atoms with van der Waals surface area (Å²) in [5, 5.41) is 0. The molecule has 3 aliphatic heterocycles. The summed E-state index contributed by atoms with van der Waals surface area (Å²) in [4.78, 5) is 19.3. The normalized spacial score (nSPS) is 32.8. The Labute approximate surface area is 134 Å². The summed E-state index contributed by atoms with van der Waals surface area (Å²) in [7, 11) is 0. The highest BCUT2D eigenvalue weighted by atomic mass is 16.5. The van der Waals surface area contributed by atoms with E-state index in [0.29, 0.717) is 24.2 Å². The first kappa shape index (κ1) is 16.1. The number of urea groups is 1. The minimum atomic E-state index is 0.227. The maximum absolute atomic E-state index is 12.7. The summed E-state index contributed by atoms with van der Waals surface area (Å²) in [6, 6.07) is 0.863. The van der Waals surface area contributed by atoms with Crippen molar-refractivity contribution in [1.29, 1.82) is 0 Å². The van der Waals surface area contributed by atoms with E-state index in [1.807, 2.05) is 0 Å². The Morgan fingerprint density at radius 2 is 1.68 bits per heavy atom. The van der Waals surface area contributed by atoms with Gasteiger partial charge in [0.25, 0.3) is 0 Å². The molecule has 0 saturated carbocycles. The molecule has 5 heteroatoms. The van der Waals surface area contributed by atoms with Crippen LogP contribution in [0.3, 0.4) is 0 Å². The van der Waals surface area contributed by atoms with E-state index in [9.17, 15) is 4.79 Å². The molecule has 0 radical (unpaired) electrons. The van der Waals surface area contributed by atoms with E-state index >= 15 is 0 Å². The fourth-order valence-corrected chi connectivity index (χ4v) is 4.16. The van der Waals surface area contributed by atoms with Gasteiger partial charge >= 0.3 is 6.03 Å². The number of nitrogens with zero attached hydrogens (tertiary/aromatic N) is 3. The molecule has 0 aromatic carbocycles. The van der Waals surface area contributed by atoms with Crippen LogP contribution in [0.5, 0.6) is 0 Å². The quantitative estimate of drug-likeness (QED) is 0.779. The van der Waals surface area contributed by atoms with Crippen molar-refractivity contribution in [2.75, 3.05) is 32.7 Å². The number of fused-ring (bicyclic) bond motifs is 2. The van der Waals surface area contributed by atoms with Crippen molar-refractivity contribution in [3.05, 3.63) is 0 Å². The molecule has 5 nitrogen and oxygen atoms in total. The summed E-state index contributed by atoms with van der Waals surface area (Å²) in [5.74, 6) is 0.510. The Hall–Kier alpha value is -0.810. The van der Waals surface area contributed by atoms with Crippen LogP contribution in [0.25, 0.3) is 0 Å². The number of carbonyl (C=O) groups excluding carboxylic acids is 1. The van der Waals surface area contributed by atoms with Crippen LogP contribution < -0.4 is 0 Å². The fraction of sp³-hybridized carbons (Fsp3) is 0.941. The molecule has 0 N–H and O–H groups in total. The largest absolute Gasteiger partial charge is 0.372 e. The molecular weight excluding hydrogens is 278 g/mol. The van der Waals surface area contributed by atoms with Crippen LogP contribution in [-0.4, -0.2) is 77.7 Å². The lowest BCUT2D eigenvalue weighted by Crippen LogP contribution is -2.46. The van der Waals surface area contributed by atoms with Crippen molar-refractivity contribution in [1.82, 2.24) is 14.7 Å². The summed E-state index contributed by atoms with van der Waals surface area (Å²) < 4.78 is 5.89. The molecule has 3 rings (SSSR count). The van der Waals surface area contributed by atoms with E-state index in [1.54, 1.807) is 0 Å². The van der Waals surface area contributed by atoms with Crippen LogP contribution in [0, 0.1) is 5.92 Å². The molecule has 0 aromatic heterocycles. The third-order valence-corrected chi connectivity index (χ3v) is 5.39. The molecular formula is C17H31N3O2. The monoisotopic (exact) mass is 309 g/mol. The molecule has 0 spiro atoms. The molecule has 3 unspecified atom stereocenters. The van der Waals surface area contributed by atoms with Gasteiger partial charge in [0.1, 0.15) is 0 Å². The molecule has 3 saturated heterocycles. The van der Waals surface area contributed by atoms with Gasteiger partial charge in [-0.05, 0) is 32.6 Å². The van der Waals surface area contributed by atoms with Crippen molar-refractivity contribution in [2.45, 2.75) is 64.8 Å². The average molecular weight is 309 g/mol. The molecule has 2 amide bonds. The smallest absolute Gasteiger partial charge is 0.320 e. The SMILES string of the molecule is CC(C)C1CN(CCN2CC3CCC(C2)O3)C(=O)N1C(C)C. The molecule has 2 bridgehead atoms. The Bertz CT molecular complexity index is 401. The first-order chi connectivity index (χ1) is 10.5. The van der Waals surface area contributed by atoms with E-state index in [2.05, 4.69) is 42.4 Å².